The number of ether oxygens (including phenoxy) is 1. The van der Waals surface area contributed by atoms with Gasteiger partial charge in [0.15, 0.2) is 12.3 Å². The second-order valence-electron chi connectivity index (χ2n) is 5.51. The lowest BCUT2D eigenvalue weighted by atomic mass is 10.3. The Balaban J connectivity index is 1.60. The maximum absolute atomic E-state index is 13.0. The third-order valence-electron chi connectivity index (χ3n) is 3.63. The molecule has 1 amide bonds. The highest BCUT2D eigenvalue weighted by atomic mass is 32.1. The molecule has 0 aliphatic heterocycles. The van der Waals surface area contributed by atoms with Crippen LogP contribution >= 0.6 is 11.3 Å². The van der Waals surface area contributed by atoms with E-state index in [1.807, 2.05) is 24.4 Å². The maximum Gasteiger partial charge on any atom is 0.357 e. The van der Waals surface area contributed by atoms with E-state index in [-0.39, 0.29) is 17.6 Å². The van der Waals surface area contributed by atoms with Crippen LogP contribution in [0.4, 0.5) is 4.39 Å². The van der Waals surface area contributed by atoms with Gasteiger partial charge in [-0.15, -0.1) is 11.3 Å². The molecule has 0 radical (unpaired) electrons. The molecule has 2 aromatic heterocycles. The van der Waals surface area contributed by atoms with Gasteiger partial charge >= 0.3 is 5.97 Å². The van der Waals surface area contributed by atoms with E-state index in [1.54, 1.807) is 0 Å². The molecule has 1 N–H and O–H groups in total. The van der Waals surface area contributed by atoms with Crippen molar-refractivity contribution >= 4 is 23.2 Å². The first-order chi connectivity index (χ1) is 12.5. The van der Waals surface area contributed by atoms with Gasteiger partial charge in [-0.1, -0.05) is 6.07 Å². The zero-order chi connectivity index (χ0) is 18.5. The zero-order valence-corrected chi connectivity index (χ0v) is 14.7. The number of esters is 1. The first-order valence-corrected chi connectivity index (χ1v) is 8.70. The number of halogens is 1. The van der Waals surface area contributed by atoms with Crippen LogP contribution in [-0.2, 0) is 9.53 Å². The molecule has 1 aromatic carbocycles. The molecule has 0 aliphatic rings. The fourth-order valence-electron chi connectivity index (χ4n) is 2.35. The molecular formula is C18H16FN3O3S. The highest BCUT2D eigenvalue weighted by molar-refractivity contribution is 7.10. The van der Waals surface area contributed by atoms with Crippen molar-refractivity contribution in [2.24, 2.45) is 0 Å². The summed E-state index contributed by atoms with van der Waals surface area (Å²) in [5.41, 5.74) is 0.710. The van der Waals surface area contributed by atoms with Gasteiger partial charge in [0.1, 0.15) is 5.82 Å². The van der Waals surface area contributed by atoms with E-state index in [2.05, 4.69) is 10.3 Å². The molecule has 0 spiro atoms. The van der Waals surface area contributed by atoms with Gasteiger partial charge in [-0.2, -0.15) is 0 Å². The number of imidazole rings is 1. The molecular weight excluding hydrogens is 357 g/mol. The molecule has 26 heavy (non-hydrogen) atoms. The molecule has 0 fully saturated rings. The number of amides is 1. The lowest BCUT2D eigenvalue weighted by molar-refractivity contribution is -0.124. The largest absolute Gasteiger partial charge is 0.451 e. The van der Waals surface area contributed by atoms with Crippen molar-refractivity contribution in [1.29, 1.82) is 0 Å². The quantitative estimate of drug-likeness (QED) is 0.674. The van der Waals surface area contributed by atoms with Gasteiger partial charge in [0, 0.05) is 10.6 Å². The van der Waals surface area contributed by atoms with Gasteiger partial charge in [-0.25, -0.2) is 14.2 Å². The Morgan fingerprint density at radius 3 is 2.77 bits per heavy atom. The topological polar surface area (TPSA) is 73.2 Å². The molecule has 6 nitrogen and oxygen atoms in total. The molecule has 0 saturated heterocycles. The van der Waals surface area contributed by atoms with Crippen LogP contribution in [0, 0.1) is 5.82 Å². The number of rotatable bonds is 6. The molecule has 134 valence electrons. The number of hydrogen-bond acceptors (Lipinski definition) is 5. The third kappa shape index (κ3) is 4.15. The Labute approximate surface area is 153 Å². The maximum atomic E-state index is 13.0. The summed E-state index contributed by atoms with van der Waals surface area (Å²) < 4.78 is 19.6. The Kier molecular flexibility index (Phi) is 5.43. The molecule has 3 aromatic rings. The molecule has 0 aliphatic carbocycles. The minimum atomic E-state index is -0.689. The van der Waals surface area contributed by atoms with Gasteiger partial charge in [-0.05, 0) is 42.6 Å². The SMILES string of the molecule is CC(NC(=O)COC(=O)c1cncn1-c1ccc(F)cc1)c1cccs1. The van der Waals surface area contributed by atoms with E-state index in [4.69, 9.17) is 4.74 Å². The normalized spacial score (nSPS) is 11.8. The summed E-state index contributed by atoms with van der Waals surface area (Å²) in [6, 6.07) is 9.26. The average Bonchev–Trinajstić information content (AvgIpc) is 3.32. The minimum Gasteiger partial charge on any atom is -0.451 e. The summed E-state index contributed by atoms with van der Waals surface area (Å²) in [6.07, 6.45) is 2.75. The fraction of sp³-hybridized carbons (Fsp3) is 0.167. The van der Waals surface area contributed by atoms with Gasteiger partial charge in [0.25, 0.3) is 5.91 Å². The fourth-order valence-corrected chi connectivity index (χ4v) is 3.08. The number of nitrogens with zero attached hydrogens (tertiary/aromatic N) is 2. The van der Waals surface area contributed by atoms with Gasteiger partial charge in [-0.3, -0.25) is 9.36 Å². The van der Waals surface area contributed by atoms with Crippen molar-refractivity contribution in [3.63, 3.8) is 0 Å². The van der Waals surface area contributed by atoms with Gasteiger partial charge in [0.05, 0.1) is 18.6 Å². The number of benzene rings is 1. The molecule has 2 heterocycles. The number of thiophene rings is 1. The Bertz CT molecular complexity index is 891. The van der Waals surface area contributed by atoms with Crippen LogP contribution in [0.5, 0.6) is 0 Å². The monoisotopic (exact) mass is 373 g/mol. The second kappa shape index (κ2) is 7.92. The molecule has 1 atom stereocenters. The molecule has 8 heteroatoms. The first-order valence-electron chi connectivity index (χ1n) is 7.83. The number of nitrogens with one attached hydrogen (secondary N) is 1. The lowest BCUT2D eigenvalue weighted by Crippen LogP contribution is -2.31. The van der Waals surface area contributed by atoms with E-state index in [0.29, 0.717) is 5.69 Å². The van der Waals surface area contributed by atoms with E-state index in [0.717, 1.165) is 4.88 Å². The van der Waals surface area contributed by atoms with Crippen LogP contribution in [0.2, 0.25) is 0 Å². The van der Waals surface area contributed by atoms with Crippen molar-refractivity contribution in [2.45, 2.75) is 13.0 Å². The molecule has 1 unspecified atom stereocenters. The van der Waals surface area contributed by atoms with E-state index in [1.165, 1.54) is 52.7 Å². The third-order valence-corrected chi connectivity index (χ3v) is 4.69. The van der Waals surface area contributed by atoms with Crippen LogP contribution < -0.4 is 5.32 Å². The summed E-state index contributed by atoms with van der Waals surface area (Å²) >= 11 is 1.54. The number of carbonyl (C=O) groups is 2. The lowest BCUT2D eigenvalue weighted by Gasteiger charge is -2.12. The minimum absolute atomic E-state index is 0.149. The second-order valence-corrected chi connectivity index (χ2v) is 6.49. The average molecular weight is 373 g/mol. The highest BCUT2D eigenvalue weighted by Crippen LogP contribution is 2.18. The molecule has 3 rings (SSSR count). The van der Waals surface area contributed by atoms with Gasteiger partial charge < -0.3 is 10.1 Å². The predicted molar refractivity (Wildman–Crippen MR) is 94.7 cm³/mol. The van der Waals surface area contributed by atoms with Crippen LogP contribution in [0.25, 0.3) is 5.69 Å². The molecule has 0 saturated carbocycles. The smallest absolute Gasteiger partial charge is 0.357 e. The Morgan fingerprint density at radius 2 is 2.08 bits per heavy atom. The van der Waals surface area contributed by atoms with E-state index >= 15 is 0 Å². The Morgan fingerprint density at radius 1 is 1.31 bits per heavy atom. The molecule has 0 bridgehead atoms. The van der Waals surface area contributed by atoms with Crippen LogP contribution in [0.3, 0.4) is 0 Å². The summed E-state index contributed by atoms with van der Waals surface area (Å²) in [5, 5.41) is 4.69. The zero-order valence-electron chi connectivity index (χ0n) is 13.9. The van der Waals surface area contributed by atoms with Crippen molar-refractivity contribution in [1.82, 2.24) is 14.9 Å². The van der Waals surface area contributed by atoms with Crippen LogP contribution in [0.15, 0.2) is 54.3 Å². The summed E-state index contributed by atoms with van der Waals surface area (Å²) in [4.78, 5) is 29.2. The number of hydrogen-bond donors (Lipinski definition) is 1. The van der Waals surface area contributed by atoms with E-state index < -0.39 is 18.5 Å². The van der Waals surface area contributed by atoms with Crippen molar-refractivity contribution in [3.05, 3.63) is 70.7 Å². The predicted octanol–water partition coefficient (Wildman–Crippen LogP) is 3.11. The van der Waals surface area contributed by atoms with Crippen molar-refractivity contribution in [3.8, 4) is 5.69 Å². The summed E-state index contributed by atoms with van der Waals surface area (Å²) in [5.74, 6) is -1.47. The van der Waals surface area contributed by atoms with Crippen molar-refractivity contribution in [2.75, 3.05) is 6.61 Å². The van der Waals surface area contributed by atoms with Crippen LogP contribution in [0.1, 0.15) is 28.3 Å². The Hall–Kier alpha value is -3.00. The standard InChI is InChI=1S/C18H16FN3O3S/c1-12(16-3-2-8-26-16)21-17(23)10-25-18(24)15-9-20-11-22(15)14-6-4-13(19)5-7-14/h2-9,11-12H,10H2,1H3,(H,21,23). The van der Waals surface area contributed by atoms with Gasteiger partial charge in [0.2, 0.25) is 0 Å². The van der Waals surface area contributed by atoms with Crippen LogP contribution in [-0.4, -0.2) is 28.0 Å². The van der Waals surface area contributed by atoms with Crippen molar-refractivity contribution < 1.29 is 18.7 Å². The number of carbonyl (C=O) groups excluding carboxylic acids is 2. The summed E-state index contributed by atoms with van der Waals surface area (Å²) in [6.45, 7) is 1.46. The summed E-state index contributed by atoms with van der Waals surface area (Å²) in [7, 11) is 0. The highest BCUT2D eigenvalue weighted by Gasteiger charge is 2.17. The van der Waals surface area contributed by atoms with E-state index in [9.17, 15) is 14.0 Å². The number of aromatic nitrogens is 2. The first kappa shape index (κ1) is 17.8.